The third kappa shape index (κ3) is 5.74. The lowest BCUT2D eigenvalue weighted by Crippen LogP contribution is -2.31. The molecule has 1 aliphatic rings. The van der Waals surface area contributed by atoms with Gasteiger partial charge in [-0.05, 0) is 48.5 Å². The lowest BCUT2D eigenvalue weighted by atomic mass is 10.2. The van der Waals surface area contributed by atoms with Crippen molar-refractivity contribution < 1.29 is 33.0 Å². The summed E-state index contributed by atoms with van der Waals surface area (Å²) in [4.78, 5) is 41.3. The van der Waals surface area contributed by atoms with Crippen LogP contribution >= 0.6 is 23.4 Å². The molecule has 0 aliphatic carbocycles. The van der Waals surface area contributed by atoms with Gasteiger partial charge in [0, 0.05) is 30.8 Å². The van der Waals surface area contributed by atoms with E-state index in [4.69, 9.17) is 16.7 Å². The SMILES string of the molecule is CN=C(Nc1ccc(OC(F)(F)Cl)cc1)S[C@H]1CC(=O)N(c2ccc(C(=O)O)cc2)C1=O. The van der Waals surface area contributed by atoms with Gasteiger partial charge in [0.05, 0.1) is 11.3 Å². The fourth-order valence-electron chi connectivity index (χ4n) is 2.86. The van der Waals surface area contributed by atoms with Crippen LogP contribution in [0.3, 0.4) is 0 Å². The third-order valence-corrected chi connectivity index (χ3v) is 5.51. The molecule has 2 N–H and O–H groups in total. The van der Waals surface area contributed by atoms with E-state index in [0.29, 0.717) is 10.9 Å². The molecule has 168 valence electrons. The first-order chi connectivity index (χ1) is 15.1. The molecule has 8 nitrogen and oxygen atoms in total. The number of nitrogens with one attached hydrogen (secondary N) is 1. The molecule has 0 aromatic heterocycles. The number of rotatable bonds is 6. The minimum Gasteiger partial charge on any atom is -0.478 e. The molecule has 0 spiro atoms. The highest BCUT2D eigenvalue weighted by molar-refractivity contribution is 8.15. The molecule has 1 aliphatic heterocycles. The van der Waals surface area contributed by atoms with E-state index in [2.05, 4.69) is 15.0 Å². The van der Waals surface area contributed by atoms with Crippen molar-refractivity contribution >= 4 is 57.7 Å². The second-order valence-electron chi connectivity index (χ2n) is 6.46. The molecule has 12 heteroatoms. The quantitative estimate of drug-likeness (QED) is 0.276. The van der Waals surface area contributed by atoms with Crippen LogP contribution in [0.4, 0.5) is 20.2 Å². The van der Waals surface area contributed by atoms with E-state index in [1.54, 1.807) is 0 Å². The number of aliphatic imine (C=N–C) groups is 1. The van der Waals surface area contributed by atoms with Crippen LogP contribution in [0.5, 0.6) is 5.75 Å². The van der Waals surface area contributed by atoms with Gasteiger partial charge in [-0.1, -0.05) is 11.8 Å². The Morgan fingerprint density at radius 1 is 1.22 bits per heavy atom. The maximum atomic E-state index is 12.8. The monoisotopic (exact) mass is 483 g/mol. The molecule has 1 atom stereocenters. The fraction of sp³-hybridized carbons (Fsp3) is 0.200. The van der Waals surface area contributed by atoms with E-state index >= 15 is 0 Å². The topological polar surface area (TPSA) is 108 Å². The molecule has 0 radical (unpaired) electrons. The van der Waals surface area contributed by atoms with Crippen LogP contribution in [0, 0.1) is 0 Å². The van der Waals surface area contributed by atoms with E-state index < -0.39 is 28.6 Å². The number of carbonyl (C=O) groups excluding carboxylic acids is 2. The Morgan fingerprint density at radius 3 is 2.38 bits per heavy atom. The van der Waals surface area contributed by atoms with Crippen molar-refractivity contribution in [3.63, 3.8) is 0 Å². The zero-order chi connectivity index (χ0) is 23.5. The summed E-state index contributed by atoms with van der Waals surface area (Å²) in [5, 5.41) is 11.5. The smallest absolute Gasteiger partial charge is 0.478 e. The summed E-state index contributed by atoms with van der Waals surface area (Å²) in [5.74, 6) is -2.14. The molecule has 0 saturated carbocycles. The Kier molecular flexibility index (Phi) is 6.99. The minimum absolute atomic E-state index is 0.0366. The van der Waals surface area contributed by atoms with Gasteiger partial charge in [0.1, 0.15) is 11.0 Å². The molecule has 0 unspecified atom stereocenters. The van der Waals surface area contributed by atoms with Crippen molar-refractivity contribution in [2.75, 3.05) is 17.3 Å². The number of carboxylic acid groups (broad SMARTS) is 1. The molecular weight excluding hydrogens is 468 g/mol. The Labute approximate surface area is 190 Å². The Balaban J connectivity index is 1.66. The van der Waals surface area contributed by atoms with E-state index in [9.17, 15) is 23.2 Å². The number of benzene rings is 2. The van der Waals surface area contributed by atoms with Crippen molar-refractivity contribution in [3.05, 3.63) is 54.1 Å². The number of imide groups is 1. The highest BCUT2D eigenvalue weighted by atomic mass is 35.5. The number of aromatic carboxylic acids is 1. The third-order valence-electron chi connectivity index (χ3n) is 4.27. The summed E-state index contributed by atoms with van der Waals surface area (Å²) in [7, 11) is 1.49. The molecule has 1 heterocycles. The Morgan fingerprint density at radius 2 is 1.84 bits per heavy atom. The number of carbonyl (C=O) groups is 3. The number of nitrogens with zero attached hydrogens (tertiary/aromatic N) is 2. The van der Waals surface area contributed by atoms with Crippen LogP contribution in [0.1, 0.15) is 16.8 Å². The van der Waals surface area contributed by atoms with Gasteiger partial charge in [-0.15, -0.1) is 8.78 Å². The van der Waals surface area contributed by atoms with Gasteiger partial charge in [0.25, 0.3) is 0 Å². The molecule has 1 fully saturated rings. The van der Waals surface area contributed by atoms with Crippen molar-refractivity contribution in [1.29, 1.82) is 0 Å². The zero-order valence-electron chi connectivity index (χ0n) is 16.4. The molecular formula is C20H16ClF2N3O5S. The molecule has 2 aromatic carbocycles. The first-order valence-corrected chi connectivity index (χ1v) is 10.3. The summed E-state index contributed by atoms with van der Waals surface area (Å²) in [5.41, 5.74) is -3.02. The molecule has 3 rings (SSSR count). The number of hydrogen-bond donors (Lipinski definition) is 2. The summed E-state index contributed by atoms with van der Waals surface area (Å²) < 4.78 is 29.6. The number of halogens is 3. The van der Waals surface area contributed by atoms with Crippen LogP contribution in [0.15, 0.2) is 53.5 Å². The number of ether oxygens (including phenoxy) is 1. The second kappa shape index (κ2) is 9.53. The van der Waals surface area contributed by atoms with Gasteiger partial charge in [0.2, 0.25) is 11.8 Å². The summed E-state index contributed by atoms with van der Waals surface area (Å²) in [6.07, 6.45) is -0.0670. The number of carboxylic acids is 1. The van der Waals surface area contributed by atoms with Crippen LogP contribution < -0.4 is 15.0 Å². The number of anilines is 2. The normalized spacial score (nSPS) is 16.9. The van der Waals surface area contributed by atoms with E-state index in [-0.39, 0.29) is 23.4 Å². The molecule has 2 aromatic rings. The molecule has 2 amide bonds. The number of hydrogen-bond acceptors (Lipinski definition) is 6. The summed E-state index contributed by atoms with van der Waals surface area (Å²) in [6.45, 7) is 0. The summed E-state index contributed by atoms with van der Waals surface area (Å²) >= 11 is 5.77. The van der Waals surface area contributed by atoms with Gasteiger partial charge in [-0.25, -0.2) is 9.69 Å². The average molecular weight is 484 g/mol. The zero-order valence-corrected chi connectivity index (χ0v) is 18.0. The van der Waals surface area contributed by atoms with Crippen LogP contribution in [-0.2, 0) is 9.59 Å². The highest BCUT2D eigenvalue weighted by Crippen LogP contribution is 2.31. The van der Waals surface area contributed by atoms with Crippen molar-refractivity contribution in [1.82, 2.24) is 0 Å². The van der Waals surface area contributed by atoms with Gasteiger partial charge < -0.3 is 15.2 Å². The van der Waals surface area contributed by atoms with Gasteiger partial charge >= 0.3 is 11.5 Å². The first kappa shape index (κ1) is 23.5. The van der Waals surface area contributed by atoms with Crippen molar-refractivity contribution in [3.8, 4) is 5.75 Å². The van der Waals surface area contributed by atoms with Crippen molar-refractivity contribution in [2.45, 2.75) is 17.2 Å². The molecule has 32 heavy (non-hydrogen) atoms. The van der Waals surface area contributed by atoms with Crippen molar-refractivity contribution in [2.24, 2.45) is 4.99 Å². The highest BCUT2D eigenvalue weighted by Gasteiger charge is 2.40. The average Bonchev–Trinajstić information content (AvgIpc) is 3.00. The van der Waals surface area contributed by atoms with E-state index in [1.807, 2.05) is 0 Å². The van der Waals surface area contributed by atoms with Gasteiger partial charge in [-0.2, -0.15) is 0 Å². The van der Waals surface area contributed by atoms with E-state index in [1.165, 1.54) is 55.6 Å². The Hall–Kier alpha value is -3.18. The van der Waals surface area contributed by atoms with Crippen LogP contribution in [0.25, 0.3) is 0 Å². The molecule has 1 saturated heterocycles. The maximum Gasteiger partial charge on any atom is 0.487 e. The lowest BCUT2D eigenvalue weighted by Gasteiger charge is -2.16. The van der Waals surface area contributed by atoms with Crippen LogP contribution in [-0.4, -0.2) is 45.9 Å². The van der Waals surface area contributed by atoms with E-state index in [0.717, 1.165) is 16.7 Å². The predicted molar refractivity (Wildman–Crippen MR) is 117 cm³/mol. The largest absolute Gasteiger partial charge is 0.487 e. The minimum atomic E-state index is -3.82. The predicted octanol–water partition coefficient (Wildman–Crippen LogP) is 4.02. The number of alkyl halides is 3. The van der Waals surface area contributed by atoms with Gasteiger partial charge in [-0.3, -0.25) is 14.6 Å². The number of amides is 2. The standard InChI is InChI=1S/C20H16ClF2N3O5S/c1-24-19(25-12-4-8-14(9-5-12)31-20(21,22)23)32-15-10-16(27)26(17(15)28)13-6-2-11(3-7-13)18(29)30/h2-9,15H,10H2,1H3,(H,24,25)(H,29,30)/t15-/m0/s1. The second-order valence-corrected chi connectivity index (χ2v) is 8.09. The lowest BCUT2D eigenvalue weighted by molar-refractivity contribution is -0.121. The maximum absolute atomic E-state index is 12.8. The Bertz CT molecular complexity index is 1060. The van der Waals surface area contributed by atoms with Gasteiger partial charge in [0.15, 0.2) is 5.17 Å². The summed E-state index contributed by atoms with van der Waals surface area (Å²) in [6, 6.07) is 10.9. The first-order valence-electron chi connectivity index (χ1n) is 9.04. The molecule has 0 bridgehead atoms. The van der Waals surface area contributed by atoms with Crippen LogP contribution in [0.2, 0.25) is 0 Å². The number of amidine groups is 1. The fourth-order valence-corrected chi connectivity index (χ4v) is 3.93. The number of thioether (sulfide) groups is 1.